The number of hydrogen-bond donors (Lipinski definition) is 2. The molecule has 2 amide bonds. The lowest BCUT2D eigenvalue weighted by molar-refractivity contribution is -0.135. The Morgan fingerprint density at radius 2 is 2.07 bits per heavy atom. The molecule has 156 valence electrons. The third-order valence-electron chi connectivity index (χ3n) is 6.81. The monoisotopic (exact) mass is 425 g/mol. The number of aryl methyl sites for hydroxylation is 1. The van der Waals surface area contributed by atoms with Crippen LogP contribution in [0.5, 0.6) is 5.75 Å². The Hall–Kier alpha value is -2.57. The van der Waals surface area contributed by atoms with E-state index >= 15 is 0 Å². The van der Waals surface area contributed by atoms with Gasteiger partial charge < -0.3 is 15.4 Å². The first-order valence-corrected chi connectivity index (χ1v) is 10.7. The number of halogens is 1. The minimum Gasteiger partial charge on any atom is -0.497 e. The van der Waals surface area contributed by atoms with Crippen molar-refractivity contribution >= 4 is 34.8 Å². The van der Waals surface area contributed by atoms with Crippen molar-refractivity contribution in [3.63, 3.8) is 0 Å². The zero-order valence-corrected chi connectivity index (χ0v) is 17.8. The van der Waals surface area contributed by atoms with Crippen molar-refractivity contribution in [2.24, 2.45) is 5.92 Å². The summed E-state index contributed by atoms with van der Waals surface area (Å²) in [7, 11) is 1.60. The van der Waals surface area contributed by atoms with E-state index in [1.54, 1.807) is 19.2 Å². The number of methoxy groups -OCH3 is 1. The van der Waals surface area contributed by atoms with Crippen molar-refractivity contribution in [3.8, 4) is 5.75 Å². The van der Waals surface area contributed by atoms with Gasteiger partial charge in [-0.2, -0.15) is 0 Å². The number of anilines is 2. The second-order valence-corrected chi connectivity index (χ2v) is 8.80. The van der Waals surface area contributed by atoms with Gasteiger partial charge in [0.2, 0.25) is 11.8 Å². The third-order valence-corrected chi connectivity index (χ3v) is 7.03. The van der Waals surface area contributed by atoms with E-state index in [0.717, 1.165) is 42.0 Å². The van der Waals surface area contributed by atoms with E-state index in [-0.39, 0.29) is 17.9 Å². The minimum atomic E-state index is -1.01. The van der Waals surface area contributed by atoms with Crippen LogP contribution >= 0.6 is 11.6 Å². The van der Waals surface area contributed by atoms with Crippen LogP contribution in [0.2, 0.25) is 5.02 Å². The number of amides is 2. The van der Waals surface area contributed by atoms with Gasteiger partial charge in [0.15, 0.2) is 0 Å². The summed E-state index contributed by atoms with van der Waals surface area (Å²) in [4.78, 5) is 29.3. The Kier molecular flexibility index (Phi) is 4.52. The van der Waals surface area contributed by atoms with Crippen molar-refractivity contribution in [1.82, 2.24) is 4.90 Å². The van der Waals surface area contributed by atoms with Gasteiger partial charge in [0, 0.05) is 28.0 Å². The van der Waals surface area contributed by atoms with Gasteiger partial charge in [-0.15, -0.1) is 0 Å². The SMILES string of the molecule is COc1ccc(NC(=O)[C@@H]2C[C@H]3CCCN3[C@@]23C(=O)Nc2c(C)cc(Cl)cc23)cc1. The van der Waals surface area contributed by atoms with Crippen LogP contribution in [0.25, 0.3) is 0 Å². The molecule has 1 spiro atoms. The molecule has 30 heavy (non-hydrogen) atoms. The quantitative estimate of drug-likeness (QED) is 0.781. The number of carbonyl (C=O) groups excluding carboxylic acids is 2. The molecule has 2 N–H and O–H groups in total. The molecule has 7 heteroatoms. The lowest BCUT2D eigenvalue weighted by Gasteiger charge is -2.36. The normalized spacial score (nSPS) is 27.1. The maximum atomic E-state index is 13.5. The summed E-state index contributed by atoms with van der Waals surface area (Å²) < 4.78 is 5.19. The Bertz CT molecular complexity index is 1040. The van der Waals surface area contributed by atoms with Gasteiger partial charge in [-0.05, 0) is 74.7 Å². The Morgan fingerprint density at radius 1 is 1.30 bits per heavy atom. The highest BCUT2D eigenvalue weighted by Gasteiger charge is 2.65. The summed E-state index contributed by atoms with van der Waals surface area (Å²) >= 11 is 6.40. The molecule has 3 aliphatic heterocycles. The fourth-order valence-corrected chi connectivity index (χ4v) is 5.83. The number of nitrogens with zero attached hydrogens (tertiary/aromatic N) is 1. The lowest BCUT2D eigenvalue weighted by Crippen LogP contribution is -2.53. The van der Waals surface area contributed by atoms with E-state index in [2.05, 4.69) is 15.5 Å². The summed E-state index contributed by atoms with van der Waals surface area (Å²) in [5.41, 5.74) is 2.21. The molecule has 0 aliphatic carbocycles. The van der Waals surface area contributed by atoms with E-state index in [0.29, 0.717) is 17.1 Å². The molecule has 0 radical (unpaired) electrons. The van der Waals surface area contributed by atoms with Gasteiger partial charge in [-0.25, -0.2) is 0 Å². The molecule has 2 saturated heterocycles. The molecule has 5 rings (SSSR count). The predicted molar refractivity (Wildman–Crippen MR) is 116 cm³/mol. The van der Waals surface area contributed by atoms with E-state index < -0.39 is 11.5 Å². The maximum Gasteiger partial charge on any atom is 0.250 e. The van der Waals surface area contributed by atoms with E-state index in [4.69, 9.17) is 16.3 Å². The second-order valence-electron chi connectivity index (χ2n) is 8.36. The third kappa shape index (κ3) is 2.67. The van der Waals surface area contributed by atoms with E-state index in [1.807, 2.05) is 31.2 Å². The van der Waals surface area contributed by atoms with Crippen LogP contribution in [0.3, 0.4) is 0 Å². The highest BCUT2D eigenvalue weighted by Crippen LogP contribution is 2.56. The van der Waals surface area contributed by atoms with Crippen LogP contribution in [0.15, 0.2) is 36.4 Å². The number of fused-ring (bicyclic) bond motifs is 4. The first-order valence-electron chi connectivity index (χ1n) is 10.3. The highest BCUT2D eigenvalue weighted by molar-refractivity contribution is 6.31. The summed E-state index contributed by atoms with van der Waals surface area (Å²) in [5.74, 6) is -0.0402. The number of carbonyl (C=O) groups is 2. The Morgan fingerprint density at radius 3 is 2.80 bits per heavy atom. The number of nitrogens with one attached hydrogen (secondary N) is 2. The lowest BCUT2D eigenvalue weighted by atomic mass is 9.78. The van der Waals surface area contributed by atoms with E-state index in [9.17, 15) is 9.59 Å². The van der Waals surface area contributed by atoms with E-state index in [1.165, 1.54) is 0 Å². The van der Waals surface area contributed by atoms with Crippen molar-refractivity contribution < 1.29 is 14.3 Å². The topological polar surface area (TPSA) is 70.7 Å². The average molecular weight is 426 g/mol. The molecule has 0 aromatic heterocycles. The number of ether oxygens (including phenoxy) is 1. The van der Waals surface area contributed by atoms with Crippen LogP contribution in [0, 0.1) is 12.8 Å². The van der Waals surface area contributed by atoms with Crippen LogP contribution in [0.4, 0.5) is 11.4 Å². The summed E-state index contributed by atoms with van der Waals surface area (Å²) in [6.07, 6.45) is 2.68. The molecule has 3 atom stereocenters. The van der Waals surface area contributed by atoms with Crippen molar-refractivity contribution in [1.29, 1.82) is 0 Å². The summed E-state index contributed by atoms with van der Waals surface area (Å²) in [6.45, 7) is 2.74. The van der Waals surface area contributed by atoms with Crippen LogP contribution in [-0.4, -0.2) is 36.4 Å². The Balaban J connectivity index is 1.57. The van der Waals surface area contributed by atoms with Crippen LogP contribution < -0.4 is 15.4 Å². The second kappa shape index (κ2) is 7.00. The Labute approximate surface area is 180 Å². The fraction of sp³-hybridized carbons (Fsp3) is 0.391. The maximum absolute atomic E-state index is 13.5. The molecule has 6 nitrogen and oxygen atoms in total. The molecule has 0 unspecified atom stereocenters. The molecule has 3 heterocycles. The standard InChI is InChI=1S/C23H24ClN3O3/c1-13-10-14(24)11-18-20(13)26-22(29)23(18)19(12-16-4-3-9-27(16)23)21(28)25-15-5-7-17(30-2)8-6-15/h5-8,10-11,16,19H,3-4,9,12H2,1-2H3,(H,25,28)(H,26,29)/t16-,19+,23-/m1/s1. The predicted octanol–water partition coefficient (Wildman–Crippen LogP) is 3.93. The molecule has 2 aromatic carbocycles. The van der Waals surface area contributed by atoms with Crippen molar-refractivity contribution in [3.05, 3.63) is 52.5 Å². The molecular formula is C23H24ClN3O3. The zero-order valence-electron chi connectivity index (χ0n) is 17.0. The van der Waals surface area contributed by atoms with Crippen molar-refractivity contribution in [2.45, 2.75) is 37.8 Å². The molecule has 0 saturated carbocycles. The van der Waals surface area contributed by atoms with Gasteiger partial charge in [0.1, 0.15) is 11.3 Å². The first kappa shape index (κ1) is 19.4. The smallest absolute Gasteiger partial charge is 0.250 e. The summed E-state index contributed by atoms with van der Waals surface area (Å²) in [6, 6.07) is 11.1. The average Bonchev–Trinajstić information content (AvgIpc) is 3.38. The zero-order chi connectivity index (χ0) is 21.0. The fourth-order valence-electron chi connectivity index (χ4n) is 5.56. The largest absolute Gasteiger partial charge is 0.497 e. The summed E-state index contributed by atoms with van der Waals surface area (Å²) in [5, 5.41) is 6.67. The highest BCUT2D eigenvalue weighted by atomic mass is 35.5. The van der Waals surface area contributed by atoms with Gasteiger partial charge >= 0.3 is 0 Å². The first-order chi connectivity index (χ1) is 14.4. The number of benzene rings is 2. The van der Waals surface area contributed by atoms with Gasteiger partial charge in [0.05, 0.1) is 13.0 Å². The van der Waals surface area contributed by atoms with Gasteiger partial charge in [-0.1, -0.05) is 11.6 Å². The molecule has 0 bridgehead atoms. The van der Waals surface area contributed by atoms with Crippen LogP contribution in [0.1, 0.15) is 30.4 Å². The molecule has 3 aliphatic rings. The number of rotatable bonds is 3. The molecule has 2 aromatic rings. The van der Waals surface area contributed by atoms with Crippen LogP contribution in [-0.2, 0) is 15.1 Å². The van der Waals surface area contributed by atoms with Gasteiger partial charge in [-0.3, -0.25) is 14.5 Å². The van der Waals surface area contributed by atoms with Crippen molar-refractivity contribution in [2.75, 3.05) is 24.3 Å². The number of hydrogen-bond acceptors (Lipinski definition) is 4. The molecular weight excluding hydrogens is 402 g/mol. The molecule has 2 fully saturated rings. The van der Waals surface area contributed by atoms with Gasteiger partial charge in [0.25, 0.3) is 0 Å². The minimum absolute atomic E-state index is 0.123.